The maximum absolute atomic E-state index is 10.8. The highest BCUT2D eigenvalue weighted by Crippen LogP contribution is 2.33. The van der Waals surface area contributed by atoms with Gasteiger partial charge in [0.25, 0.3) is 5.69 Å². The van der Waals surface area contributed by atoms with Gasteiger partial charge in [-0.3, -0.25) is 10.1 Å². The number of nitro groups is 1. The van der Waals surface area contributed by atoms with E-state index in [4.69, 9.17) is 5.73 Å². The van der Waals surface area contributed by atoms with Gasteiger partial charge in [0.05, 0.1) is 4.92 Å². The maximum Gasteiger partial charge on any atom is 0.273 e. The molecule has 1 aromatic rings. The monoisotopic (exact) mass is 235 g/mol. The fourth-order valence-corrected chi connectivity index (χ4v) is 1.94. The molecule has 0 radical (unpaired) electrons. The van der Waals surface area contributed by atoms with Crippen LogP contribution >= 0.6 is 0 Å². The number of hydrogen-bond acceptors (Lipinski definition) is 4. The molecule has 1 aromatic carbocycles. The van der Waals surface area contributed by atoms with E-state index in [1.54, 1.807) is 12.1 Å². The molecule has 5 nitrogen and oxygen atoms in total. The smallest absolute Gasteiger partial charge is 0.273 e. The molecule has 2 rings (SSSR count). The third-order valence-electron chi connectivity index (χ3n) is 3.06. The molecular formula is C12H17N3O2. The van der Waals surface area contributed by atoms with Crippen LogP contribution in [0.2, 0.25) is 0 Å². The highest BCUT2D eigenvalue weighted by molar-refractivity contribution is 5.62. The number of non-ortho nitro benzene ring substituents is 1. The van der Waals surface area contributed by atoms with Crippen molar-refractivity contribution in [3.8, 4) is 0 Å². The second-order valence-corrected chi connectivity index (χ2v) is 4.52. The highest BCUT2D eigenvalue weighted by atomic mass is 16.6. The van der Waals surface area contributed by atoms with Gasteiger partial charge in [-0.2, -0.15) is 0 Å². The van der Waals surface area contributed by atoms with Crippen molar-refractivity contribution in [1.82, 2.24) is 0 Å². The Hall–Kier alpha value is -1.78. The topological polar surface area (TPSA) is 72.4 Å². The molecule has 1 saturated carbocycles. The van der Waals surface area contributed by atoms with Gasteiger partial charge in [-0.05, 0) is 31.7 Å². The van der Waals surface area contributed by atoms with Crippen LogP contribution in [0.3, 0.4) is 0 Å². The first-order valence-electron chi connectivity index (χ1n) is 5.90. The third-order valence-corrected chi connectivity index (χ3v) is 3.06. The first-order valence-corrected chi connectivity index (χ1v) is 5.90. The van der Waals surface area contributed by atoms with E-state index < -0.39 is 4.92 Å². The lowest BCUT2D eigenvalue weighted by Crippen LogP contribution is -2.25. The van der Waals surface area contributed by atoms with Crippen molar-refractivity contribution in [2.75, 3.05) is 23.7 Å². The van der Waals surface area contributed by atoms with Gasteiger partial charge in [0.2, 0.25) is 0 Å². The van der Waals surface area contributed by atoms with Crippen LogP contribution in [0.5, 0.6) is 0 Å². The number of nitrogens with two attached hydrogens (primary N) is 1. The first kappa shape index (κ1) is 11.7. The quantitative estimate of drug-likeness (QED) is 0.483. The number of nitrogen functional groups attached to an aromatic ring is 1. The molecule has 92 valence electrons. The summed E-state index contributed by atoms with van der Waals surface area (Å²) in [6.45, 7) is 3.87. The van der Waals surface area contributed by atoms with E-state index in [0.29, 0.717) is 5.69 Å². The predicted molar refractivity (Wildman–Crippen MR) is 68.1 cm³/mol. The summed E-state index contributed by atoms with van der Waals surface area (Å²) in [4.78, 5) is 12.5. The first-order chi connectivity index (χ1) is 8.10. The minimum Gasteiger partial charge on any atom is -0.398 e. The van der Waals surface area contributed by atoms with Crippen LogP contribution < -0.4 is 10.6 Å². The molecule has 0 amide bonds. The molecule has 0 atom stereocenters. The molecule has 0 heterocycles. The van der Waals surface area contributed by atoms with Crippen LogP contribution in [0.15, 0.2) is 18.2 Å². The molecule has 0 aromatic heterocycles. The Morgan fingerprint density at radius 3 is 2.71 bits per heavy atom. The van der Waals surface area contributed by atoms with Crippen molar-refractivity contribution in [2.24, 2.45) is 5.92 Å². The van der Waals surface area contributed by atoms with Gasteiger partial charge >= 0.3 is 0 Å². The van der Waals surface area contributed by atoms with Crippen LogP contribution in [0, 0.1) is 16.0 Å². The van der Waals surface area contributed by atoms with Crippen molar-refractivity contribution in [2.45, 2.75) is 19.8 Å². The van der Waals surface area contributed by atoms with Crippen molar-refractivity contribution >= 4 is 17.1 Å². The van der Waals surface area contributed by atoms with Crippen molar-refractivity contribution in [1.29, 1.82) is 0 Å². The number of hydrogen-bond donors (Lipinski definition) is 1. The largest absolute Gasteiger partial charge is 0.398 e. The molecule has 1 aliphatic rings. The summed E-state index contributed by atoms with van der Waals surface area (Å²) in [6, 6.07) is 4.80. The second kappa shape index (κ2) is 4.61. The van der Waals surface area contributed by atoms with Crippen LogP contribution in [0.25, 0.3) is 0 Å². The summed E-state index contributed by atoms with van der Waals surface area (Å²) in [5.74, 6) is 0.746. The summed E-state index contributed by atoms with van der Waals surface area (Å²) >= 11 is 0. The van der Waals surface area contributed by atoms with Crippen LogP contribution in [-0.4, -0.2) is 18.0 Å². The van der Waals surface area contributed by atoms with Crippen LogP contribution in [0.1, 0.15) is 19.8 Å². The maximum atomic E-state index is 10.8. The summed E-state index contributed by atoms with van der Waals surface area (Å²) < 4.78 is 0. The molecular weight excluding hydrogens is 218 g/mol. The zero-order valence-electron chi connectivity index (χ0n) is 9.93. The van der Waals surface area contributed by atoms with E-state index in [-0.39, 0.29) is 5.69 Å². The number of benzene rings is 1. The highest BCUT2D eigenvalue weighted by Gasteiger charge is 2.24. The van der Waals surface area contributed by atoms with Gasteiger partial charge in [-0.25, -0.2) is 0 Å². The molecule has 1 fully saturated rings. The summed E-state index contributed by atoms with van der Waals surface area (Å²) in [5.41, 5.74) is 7.07. The molecule has 5 heteroatoms. The lowest BCUT2D eigenvalue weighted by atomic mass is 10.2. The molecule has 0 spiro atoms. The Bertz CT molecular complexity index is 430. The minimum atomic E-state index is -0.398. The Balaban J connectivity index is 2.24. The van der Waals surface area contributed by atoms with Crippen molar-refractivity contribution in [3.63, 3.8) is 0 Å². The van der Waals surface area contributed by atoms with Gasteiger partial charge in [0.1, 0.15) is 0 Å². The van der Waals surface area contributed by atoms with Gasteiger partial charge in [-0.15, -0.1) is 0 Å². The van der Waals surface area contributed by atoms with Gasteiger partial charge in [0, 0.05) is 36.6 Å². The zero-order chi connectivity index (χ0) is 12.4. The average molecular weight is 235 g/mol. The van der Waals surface area contributed by atoms with E-state index in [0.717, 1.165) is 24.7 Å². The Labute approximate surface area is 100 Å². The number of nitrogens with zero attached hydrogens (tertiary/aromatic N) is 2. The predicted octanol–water partition coefficient (Wildman–Crippen LogP) is 2.41. The van der Waals surface area contributed by atoms with Crippen molar-refractivity contribution in [3.05, 3.63) is 28.3 Å². The van der Waals surface area contributed by atoms with E-state index in [1.165, 1.54) is 18.9 Å². The molecule has 0 bridgehead atoms. The normalized spacial score (nSPS) is 14.6. The Morgan fingerprint density at radius 1 is 1.47 bits per heavy atom. The summed E-state index contributed by atoms with van der Waals surface area (Å²) in [7, 11) is 0. The third kappa shape index (κ3) is 2.87. The standard InChI is InChI=1S/C12H17N3O2/c1-2-14(8-9-3-4-9)11-5-10(13)6-12(7-11)15(16)17/h5-7,9H,2-4,8,13H2,1H3. The second-order valence-electron chi connectivity index (χ2n) is 4.52. The van der Waals surface area contributed by atoms with Crippen molar-refractivity contribution < 1.29 is 4.92 Å². The molecule has 0 aliphatic heterocycles. The van der Waals surface area contributed by atoms with E-state index >= 15 is 0 Å². The average Bonchev–Trinajstić information content (AvgIpc) is 3.08. The Morgan fingerprint density at radius 2 is 2.18 bits per heavy atom. The number of rotatable bonds is 5. The van der Waals surface area contributed by atoms with Gasteiger partial charge in [0.15, 0.2) is 0 Å². The fraction of sp³-hybridized carbons (Fsp3) is 0.500. The molecule has 0 saturated heterocycles. The number of anilines is 2. The molecule has 17 heavy (non-hydrogen) atoms. The van der Waals surface area contributed by atoms with Gasteiger partial charge < -0.3 is 10.6 Å². The lowest BCUT2D eigenvalue weighted by molar-refractivity contribution is -0.384. The zero-order valence-corrected chi connectivity index (χ0v) is 9.93. The fourth-order valence-electron chi connectivity index (χ4n) is 1.94. The summed E-state index contributed by atoms with van der Waals surface area (Å²) in [6.07, 6.45) is 2.53. The number of nitro benzene ring substituents is 1. The lowest BCUT2D eigenvalue weighted by Gasteiger charge is -2.23. The van der Waals surface area contributed by atoms with Gasteiger partial charge in [-0.1, -0.05) is 0 Å². The molecule has 0 unspecified atom stereocenters. The summed E-state index contributed by atoms with van der Waals surface area (Å²) in [5, 5.41) is 10.8. The molecule has 2 N–H and O–H groups in total. The van der Waals surface area contributed by atoms with Crippen LogP contribution in [-0.2, 0) is 0 Å². The molecule has 1 aliphatic carbocycles. The van der Waals surface area contributed by atoms with E-state index in [1.807, 2.05) is 0 Å². The minimum absolute atomic E-state index is 0.0641. The Kier molecular flexibility index (Phi) is 3.17. The SMILES string of the molecule is CCN(CC1CC1)c1cc(N)cc([N+](=O)[O-])c1. The van der Waals surface area contributed by atoms with Crippen LogP contribution in [0.4, 0.5) is 17.1 Å². The van der Waals surface area contributed by atoms with E-state index in [9.17, 15) is 10.1 Å². The van der Waals surface area contributed by atoms with E-state index in [2.05, 4.69) is 11.8 Å².